The molecule has 0 spiro atoms. The maximum absolute atomic E-state index is 13.1. The van der Waals surface area contributed by atoms with Gasteiger partial charge in [-0.1, -0.05) is 0 Å². The lowest BCUT2D eigenvalue weighted by molar-refractivity contribution is 0.445. The lowest BCUT2D eigenvalue weighted by Crippen LogP contribution is -2.25. The number of aromatic hydroxyl groups is 1. The van der Waals surface area contributed by atoms with Gasteiger partial charge in [0.15, 0.2) is 0 Å². The summed E-state index contributed by atoms with van der Waals surface area (Å²) in [6, 6.07) is 4.18. The van der Waals surface area contributed by atoms with Crippen LogP contribution in [-0.4, -0.2) is 11.7 Å². The third-order valence-electron chi connectivity index (χ3n) is 3.48. The second-order valence-corrected chi connectivity index (χ2v) is 4.25. The summed E-state index contributed by atoms with van der Waals surface area (Å²) in [7, 11) is 0. The van der Waals surface area contributed by atoms with Crippen LogP contribution in [0.3, 0.4) is 0 Å². The van der Waals surface area contributed by atoms with E-state index in [2.05, 4.69) is 5.32 Å². The maximum atomic E-state index is 13.1. The molecule has 0 bridgehead atoms. The Morgan fingerprint density at radius 1 is 1.50 bits per heavy atom. The van der Waals surface area contributed by atoms with E-state index >= 15 is 0 Å². The second-order valence-electron chi connectivity index (χ2n) is 4.25. The van der Waals surface area contributed by atoms with Gasteiger partial charge in [-0.15, -0.1) is 0 Å². The number of phenols is 1. The average molecular weight is 193 g/mol. The van der Waals surface area contributed by atoms with Crippen LogP contribution in [0.1, 0.15) is 18.4 Å². The van der Waals surface area contributed by atoms with E-state index in [1.54, 1.807) is 0 Å². The molecule has 14 heavy (non-hydrogen) atoms. The van der Waals surface area contributed by atoms with E-state index in [0.29, 0.717) is 5.92 Å². The molecule has 2 unspecified atom stereocenters. The van der Waals surface area contributed by atoms with Crippen LogP contribution >= 0.6 is 0 Å². The van der Waals surface area contributed by atoms with Crippen LogP contribution in [0.15, 0.2) is 18.2 Å². The lowest BCUT2D eigenvalue weighted by Gasteiger charge is -2.15. The highest BCUT2D eigenvalue weighted by atomic mass is 19.1. The van der Waals surface area contributed by atoms with Crippen molar-refractivity contribution in [3.63, 3.8) is 0 Å². The number of halogens is 1. The van der Waals surface area contributed by atoms with E-state index < -0.39 is 0 Å². The Labute approximate surface area is 81.8 Å². The van der Waals surface area contributed by atoms with Crippen LogP contribution in [0.25, 0.3) is 0 Å². The van der Waals surface area contributed by atoms with Gasteiger partial charge in [-0.2, -0.15) is 0 Å². The fraction of sp³-hybridized carbons (Fsp3) is 0.455. The zero-order chi connectivity index (χ0) is 9.76. The molecule has 2 nitrogen and oxygen atoms in total. The van der Waals surface area contributed by atoms with E-state index in [9.17, 15) is 9.50 Å². The molecule has 0 aromatic heterocycles. The Kier molecular flexibility index (Phi) is 1.46. The topological polar surface area (TPSA) is 32.3 Å². The highest BCUT2D eigenvalue weighted by Crippen LogP contribution is 2.58. The standard InChI is InChI=1S/C11H12FNO/c12-8-1-2-10(14)9(5-8)11-6-7(11)3-4-13-11/h1-2,5,7,13-14H,3-4,6H2. The minimum atomic E-state index is -0.272. The first-order chi connectivity index (χ1) is 6.72. The summed E-state index contributed by atoms with van der Waals surface area (Å²) in [5.74, 6) is 0.532. The fourth-order valence-electron chi connectivity index (χ4n) is 2.65. The van der Waals surface area contributed by atoms with Crippen LogP contribution in [0.2, 0.25) is 0 Å². The Morgan fingerprint density at radius 3 is 3.00 bits per heavy atom. The molecule has 2 fully saturated rings. The van der Waals surface area contributed by atoms with Gasteiger partial charge in [-0.3, -0.25) is 0 Å². The van der Waals surface area contributed by atoms with Gasteiger partial charge in [0.05, 0.1) is 5.54 Å². The van der Waals surface area contributed by atoms with Gasteiger partial charge >= 0.3 is 0 Å². The van der Waals surface area contributed by atoms with Crippen LogP contribution in [0.5, 0.6) is 5.75 Å². The van der Waals surface area contributed by atoms with Crippen molar-refractivity contribution in [3.05, 3.63) is 29.6 Å². The zero-order valence-electron chi connectivity index (χ0n) is 7.76. The van der Waals surface area contributed by atoms with E-state index in [1.165, 1.54) is 18.2 Å². The monoisotopic (exact) mass is 193 g/mol. The minimum absolute atomic E-state index is 0.105. The van der Waals surface area contributed by atoms with Crippen molar-refractivity contribution in [3.8, 4) is 5.75 Å². The summed E-state index contributed by atoms with van der Waals surface area (Å²) in [5, 5.41) is 13.0. The number of nitrogens with one attached hydrogen (secondary N) is 1. The van der Waals surface area contributed by atoms with Crippen LogP contribution in [-0.2, 0) is 5.54 Å². The molecule has 3 rings (SSSR count). The molecule has 3 heteroatoms. The van der Waals surface area contributed by atoms with Gasteiger partial charge in [0.25, 0.3) is 0 Å². The first-order valence-corrected chi connectivity index (χ1v) is 4.96. The number of piperidine rings is 1. The number of hydrogen-bond acceptors (Lipinski definition) is 2. The molecule has 1 saturated heterocycles. The summed E-state index contributed by atoms with van der Waals surface area (Å²) in [6.07, 6.45) is 2.17. The van der Waals surface area contributed by atoms with Gasteiger partial charge in [0, 0.05) is 5.56 Å². The molecule has 1 saturated carbocycles. The SMILES string of the molecule is Oc1ccc(F)cc1C12CC1CCN2. The zero-order valence-corrected chi connectivity index (χ0v) is 7.76. The van der Waals surface area contributed by atoms with E-state index in [-0.39, 0.29) is 17.1 Å². The molecule has 0 amide bonds. The minimum Gasteiger partial charge on any atom is -0.508 e. The van der Waals surface area contributed by atoms with Gasteiger partial charge in [-0.25, -0.2) is 4.39 Å². The Morgan fingerprint density at radius 2 is 2.36 bits per heavy atom. The van der Waals surface area contributed by atoms with Crippen molar-refractivity contribution in [1.82, 2.24) is 5.32 Å². The Balaban J connectivity index is 2.08. The first-order valence-electron chi connectivity index (χ1n) is 4.96. The normalized spacial score (nSPS) is 34.2. The molecule has 74 valence electrons. The van der Waals surface area contributed by atoms with Crippen molar-refractivity contribution in [2.24, 2.45) is 5.92 Å². The number of rotatable bonds is 1. The molecular formula is C11H12FNO. The molecule has 2 aliphatic rings. The highest BCUT2D eigenvalue weighted by molar-refractivity contribution is 5.44. The predicted molar refractivity (Wildman–Crippen MR) is 50.5 cm³/mol. The van der Waals surface area contributed by atoms with Crippen molar-refractivity contribution in [2.45, 2.75) is 18.4 Å². The molecule has 0 radical (unpaired) electrons. The van der Waals surface area contributed by atoms with Crippen molar-refractivity contribution in [1.29, 1.82) is 0 Å². The number of hydrogen-bond donors (Lipinski definition) is 2. The molecular weight excluding hydrogens is 181 g/mol. The van der Waals surface area contributed by atoms with Crippen LogP contribution < -0.4 is 5.32 Å². The van der Waals surface area contributed by atoms with Gasteiger partial charge in [0.2, 0.25) is 0 Å². The molecule has 1 aliphatic heterocycles. The number of phenolic OH excluding ortho intramolecular Hbond substituents is 1. The first kappa shape index (κ1) is 8.24. The van der Waals surface area contributed by atoms with Crippen LogP contribution in [0.4, 0.5) is 4.39 Å². The summed E-state index contributed by atoms with van der Waals surface area (Å²) < 4.78 is 13.1. The molecule has 1 aromatic carbocycles. The molecule has 1 aromatic rings. The Hall–Kier alpha value is -1.09. The van der Waals surface area contributed by atoms with E-state index in [1.807, 2.05) is 0 Å². The van der Waals surface area contributed by atoms with Crippen molar-refractivity contribution in [2.75, 3.05) is 6.54 Å². The lowest BCUT2D eigenvalue weighted by atomic mass is 10.0. The smallest absolute Gasteiger partial charge is 0.123 e. The average Bonchev–Trinajstić information content (AvgIpc) is 2.74. The highest BCUT2D eigenvalue weighted by Gasteiger charge is 2.59. The van der Waals surface area contributed by atoms with Crippen LogP contribution in [0, 0.1) is 11.7 Å². The molecule has 2 N–H and O–H groups in total. The second kappa shape index (κ2) is 2.48. The van der Waals surface area contributed by atoms with Gasteiger partial charge in [0.1, 0.15) is 11.6 Å². The van der Waals surface area contributed by atoms with Gasteiger partial charge < -0.3 is 10.4 Å². The van der Waals surface area contributed by atoms with E-state index in [4.69, 9.17) is 0 Å². The van der Waals surface area contributed by atoms with Gasteiger partial charge in [-0.05, 0) is 43.5 Å². The third-order valence-corrected chi connectivity index (χ3v) is 3.48. The predicted octanol–water partition coefficient (Wildman–Crippen LogP) is 1.74. The fourth-order valence-corrected chi connectivity index (χ4v) is 2.65. The molecule has 2 atom stereocenters. The van der Waals surface area contributed by atoms with E-state index in [0.717, 1.165) is 24.9 Å². The summed E-state index contributed by atoms with van der Waals surface area (Å²) >= 11 is 0. The molecule has 1 heterocycles. The third kappa shape index (κ3) is 0.932. The quantitative estimate of drug-likeness (QED) is 0.712. The number of fused-ring (bicyclic) bond motifs is 1. The molecule has 1 aliphatic carbocycles. The van der Waals surface area contributed by atoms with Crippen molar-refractivity contribution >= 4 is 0 Å². The van der Waals surface area contributed by atoms with Crippen molar-refractivity contribution < 1.29 is 9.50 Å². The summed E-state index contributed by atoms with van der Waals surface area (Å²) in [6.45, 7) is 0.973. The Bertz CT molecular complexity index is 393. The maximum Gasteiger partial charge on any atom is 0.123 e. The summed E-state index contributed by atoms with van der Waals surface area (Å²) in [5.41, 5.74) is 0.631. The largest absolute Gasteiger partial charge is 0.508 e. The number of benzene rings is 1. The summed E-state index contributed by atoms with van der Waals surface area (Å²) in [4.78, 5) is 0.